The molecule has 1 amide bonds. The number of nitrogens with zero attached hydrogens (tertiary/aromatic N) is 1. The van der Waals surface area contributed by atoms with Gasteiger partial charge in [-0.25, -0.2) is 9.37 Å². The molecule has 21 heavy (non-hydrogen) atoms. The highest BCUT2D eigenvalue weighted by Crippen LogP contribution is 2.33. The summed E-state index contributed by atoms with van der Waals surface area (Å²) in [5.41, 5.74) is 1.22. The Morgan fingerprint density at radius 3 is 2.62 bits per heavy atom. The fraction of sp³-hybridized carbons (Fsp3) is 0. The predicted molar refractivity (Wildman–Crippen MR) is 87.5 cm³/mol. The summed E-state index contributed by atoms with van der Waals surface area (Å²) in [6, 6.07) is 9.31. The van der Waals surface area contributed by atoms with E-state index < -0.39 is 0 Å². The van der Waals surface area contributed by atoms with Gasteiger partial charge >= 0.3 is 0 Å². The fourth-order valence-electron chi connectivity index (χ4n) is 1.67. The average molecular weight is 383 g/mol. The maximum absolute atomic E-state index is 12.8. The fourth-order valence-corrected chi connectivity index (χ4v) is 3.79. The Morgan fingerprint density at radius 2 is 1.95 bits per heavy atom. The lowest BCUT2D eigenvalue weighted by Crippen LogP contribution is -2.11. The van der Waals surface area contributed by atoms with Crippen LogP contribution in [0.25, 0.3) is 10.6 Å². The van der Waals surface area contributed by atoms with Crippen LogP contribution in [0.1, 0.15) is 10.4 Å². The van der Waals surface area contributed by atoms with E-state index >= 15 is 0 Å². The molecule has 106 valence electrons. The minimum Gasteiger partial charge on any atom is -0.298 e. The number of thiazole rings is 1. The van der Waals surface area contributed by atoms with Gasteiger partial charge < -0.3 is 0 Å². The number of nitrogens with one attached hydrogen (secondary N) is 1. The maximum Gasteiger partial charge on any atom is 0.257 e. The summed E-state index contributed by atoms with van der Waals surface area (Å²) in [5, 5.41) is 5.12. The molecular weight excluding hydrogens is 375 g/mol. The summed E-state index contributed by atoms with van der Waals surface area (Å²) in [6.45, 7) is 0. The van der Waals surface area contributed by atoms with Gasteiger partial charge in [0.1, 0.15) is 5.82 Å². The molecule has 0 bridgehead atoms. The zero-order valence-electron chi connectivity index (χ0n) is 10.5. The van der Waals surface area contributed by atoms with Crippen molar-refractivity contribution in [1.29, 1.82) is 0 Å². The van der Waals surface area contributed by atoms with Crippen molar-refractivity contribution in [1.82, 2.24) is 4.98 Å². The van der Waals surface area contributed by atoms with Gasteiger partial charge in [-0.05, 0) is 52.3 Å². The summed E-state index contributed by atoms with van der Waals surface area (Å²) in [5.74, 6) is -0.672. The van der Waals surface area contributed by atoms with Crippen molar-refractivity contribution < 1.29 is 9.18 Å². The number of anilines is 1. The largest absolute Gasteiger partial charge is 0.298 e. The number of halogens is 2. The lowest BCUT2D eigenvalue weighted by molar-refractivity contribution is 0.102. The third-order valence-electron chi connectivity index (χ3n) is 2.66. The van der Waals surface area contributed by atoms with Crippen LogP contribution in [-0.2, 0) is 0 Å². The first-order valence-corrected chi connectivity index (χ1v) is 8.39. The van der Waals surface area contributed by atoms with Crippen LogP contribution in [0.2, 0.25) is 0 Å². The van der Waals surface area contributed by atoms with E-state index in [9.17, 15) is 9.18 Å². The number of benzene rings is 1. The summed E-state index contributed by atoms with van der Waals surface area (Å²) >= 11 is 6.34. The molecule has 0 aliphatic heterocycles. The number of amides is 1. The lowest BCUT2D eigenvalue weighted by atomic mass is 10.2. The molecule has 7 heteroatoms. The monoisotopic (exact) mass is 382 g/mol. The van der Waals surface area contributed by atoms with Gasteiger partial charge in [-0.3, -0.25) is 10.1 Å². The van der Waals surface area contributed by atoms with Crippen molar-refractivity contribution in [2.24, 2.45) is 0 Å². The Bertz CT molecular complexity index is 782. The normalized spacial score (nSPS) is 10.6. The van der Waals surface area contributed by atoms with Crippen molar-refractivity contribution >= 4 is 49.6 Å². The SMILES string of the molecule is O=C(Nc1nc(-c2ccc(Br)s2)cs1)c1ccc(F)cc1. The average Bonchev–Trinajstić information content (AvgIpc) is 3.08. The van der Waals surface area contributed by atoms with E-state index in [0.29, 0.717) is 10.7 Å². The highest BCUT2D eigenvalue weighted by atomic mass is 79.9. The Balaban J connectivity index is 1.75. The molecule has 0 fully saturated rings. The second kappa shape index (κ2) is 6.05. The van der Waals surface area contributed by atoms with Crippen molar-refractivity contribution in [3.05, 3.63) is 56.9 Å². The Kier molecular flexibility index (Phi) is 4.14. The molecule has 1 aromatic carbocycles. The number of thiophene rings is 1. The van der Waals surface area contributed by atoms with Crippen molar-refractivity contribution in [2.75, 3.05) is 5.32 Å². The number of aromatic nitrogens is 1. The topological polar surface area (TPSA) is 42.0 Å². The number of hydrogen-bond acceptors (Lipinski definition) is 4. The molecule has 0 spiro atoms. The second-order valence-corrected chi connectivity index (χ2v) is 7.42. The van der Waals surface area contributed by atoms with Gasteiger partial charge in [0.15, 0.2) is 5.13 Å². The van der Waals surface area contributed by atoms with Gasteiger partial charge in [-0.2, -0.15) is 0 Å². The molecule has 0 saturated carbocycles. The molecule has 0 aliphatic carbocycles. The summed E-state index contributed by atoms with van der Waals surface area (Å²) in [4.78, 5) is 17.4. The Morgan fingerprint density at radius 1 is 1.19 bits per heavy atom. The third kappa shape index (κ3) is 3.37. The minimum atomic E-state index is -0.369. The first-order valence-electron chi connectivity index (χ1n) is 5.90. The number of rotatable bonds is 3. The number of carbonyl (C=O) groups excluding carboxylic acids is 1. The molecule has 3 aromatic rings. The van der Waals surface area contributed by atoms with Gasteiger partial charge in [0.05, 0.1) is 14.4 Å². The van der Waals surface area contributed by atoms with Crippen LogP contribution >= 0.6 is 38.6 Å². The van der Waals surface area contributed by atoms with Crippen molar-refractivity contribution in [3.63, 3.8) is 0 Å². The second-order valence-electron chi connectivity index (χ2n) is 4.10. The Labute approximate surface area is 136 Å². The number of carbonyl (C=O) groups is 1. The zero-order chi connectivity index (χ0) is 14.8. The van der Waals surface area contributed by atoms with Crippen LogP contribution < -0.4 is 5.32 Å². The first-order chi connectivity index (χ1) is 10.1. The molecule has 0 aliphatic rings. The highest BCUT2D eigenvalue weighted by Gasteiger charge is 2.11. The predicted octanol–water partition coefficient (Wildman–Crippen LogP) is 5.03. The van der Waals surface area contributed by atoms with Crippen LogP contribution in [0.5, 0.6) is 0 Å². The van der Waals surface area contributed by atoms with Crippen molar-refractivity contribution in [2.45, 2.75) is 0 Å². The summed E-state index contributed by atoms with van der Waals surface area (Å²) in [6.07, 6.45) is 0. The van der Waals surface area contributed by atoms with Gasteiger partial charge in [0.25, 0.3) is 5.91 Å². The van der Waals surface area contributed by atoms with Crippen LogP contribution in [0.4, 0.5) is 9.52 Å². The van der Waals surface area contributed by atoms with Crippen LogP contribution in [0, 0.1) is 5.82 Å². The van der Waals surface area contributed by atoms with Crippen molar-refractivity contribution in [3.8, 4) is 10.6 Å². The standard InChI is InChI=1S/C14H8BrFN2OS2/c15-12-6-5-11(21-12)10-7-20-14(17-10)18-13(19)8-1-3-9(16)4-2-8/h1-7H,(H,17,18,19). The minimum absolute atomic E-state index is 0.303. The molecule has 1 N–H and O–H groups in total. The van der Waals surface area contributed by atoms with E-state index in [4.69, 9.17) is 0 Å². The third-order valence-corrected chi connectivity index (χ3v) is 5.06. The molecule has 0 unspecified atom stereocenters. The van der Waals surface area contributed by atoms with Gasteiger partial charge in [-0.15, -0.1) is 22.7 Å². The molecular formula is C14H8BrFN2OS2. The maximum atomic E-state index is 12.8. The molecule has 0 atom stereocenters. The molecule has 2 heterocycles. The van der Waals surface area contributed by atoms with E-state index in [2.05, 4.69) is 26.2 Å². The smallest absolute Gasteiger partial charge is 0.257 e. The number of hydrogen-bond donors (Lipinski definition) is 1. The van der Waals surface area contributed by atoms with Crippen LogP contribution in [0.3, 0.4) is 0 Å². The quantitative estimate of drug-likeness (QED) is 0.690. The highest BCUT2D eigenvalue weighted by molar-refractivity contribution is 9.11. The zero-order valence-corrected chi connectivity index (χ0v) is 13.7. The first kappa shape index (κ1) is 14.4. The van der Waals surface area contributed by atoms with Crippen LogP contribution in [0.15, 0.2) is 45.6 Å². The summed E-state index contributed by atoms with van der Waals surface area (Å²) in [7, 11) is 0. The molecule has 0 saturated heterocycles. The molecule has 3 rings (SSSR count). The lowest BCUT2D eigenvalue weighted by Gasteiger charge is -2.01. The van der Waals surface area contributed by atoms with Crippen LogP contribution in [-0.4, -0.2) is 10.9 Å². The molecule has 0 radical (unpaired) electrons. The van der Waals surface area contributed by atoms with Gasteiger partial charge in [0.2, 0.25) is 0 Å². The molecule has 2 aromatic heterocycles. The van der Waals surface area contributed by atoms with Gasteiger partial charge in [-0.1, -0.05) is 0 Å². The molecule has 3 nitrogen and oxygen atoms in total. The van der Waals surface area contributed by atoms with E-state index in [1.165, 1.54) is 35.6 Å². The van der Waals surface area contributed by atoms with E-state index in [-0.39, 0.29) is 11.7 Å². The van der Waals surface area contributed by atoms with E-state index in [0.717, 1.165) is 14.4 Å². The van der Waals surface area contributed by atoms with E-state index in [1.54, 1.807) is 11.3 Å². The van der Waals surface area contributed by atoms with E-state index in [1.807, 2.05) is 17.5 Å². The van der Waals surface area contributed by atoms with Gasteiger partial charge in [0, 0.05) is 10.9 Å². The summed E-state index contributed by atoms with van der Waals surface area (Å²) < 4.78 is 13.9. The Hall–Kier alpha value is -1.57.